The van der Waals surface area contributed by atoms with Crippen LogP contribution < -0.4 is 15.4 Å². The highest BCUT2D eigenvalue weighted by Gasteiger charge is 2.37. The number of rotatable bonds is 9. The highest BCUT2D eigenvalue weighted by Crippen LogP contribution is 2.34. The number of aromatic nitrogens is 3. The molecule has 0 aromatic carbocycles. The number of carbonyl (C=O) groups is 1. The van der Waals surface area contributed by atoms with Crippen LogP contribution in [0.15, 0.2) is 36.9 Å². The van der Waals surface area contributed by atoms with Gasteiger partial charge in [-0.1, -0.05) is 13.8 Å². The monoisotopic (exact) mass is 518 g/mol. The molecule has 0 saturated carbocycles. The van der Waals surface area contributed by atoms with E-state index in [1.165, 1.54) is 6.20 Å². The summed E-state index contributed by atoms with van der Waals surface area (Å²) < 4.78 is 46.5. The summed E-state index contributed by atoms with van der Waals surface area (Å²) in [6, 6.07) is 2.32. The number of nitrogens with zero attached hydrogens (tertiary/aromatic N) is 4. The third-order valence-electron chi connectivity index (χ3n) is 6.80. The molecule has 3 aromatic rings. The molecule has 0 bridgehead atoms. The maximum absolute atomic E-state index is 13.5. The van der Waals surface area contributed by atoms with E-state index in [1.54, 1.807) is 38.5 Å². The van der Waals surface area contributed by atoms with E-state index in [4.69, 9.17) is 10.5 Å². The SMILES string of the molecule is CC(C)[C@@H](C(N)=O)N(CC(F)(F)F)c1cncc(-c2c[nH]c3ncc(OCC4CCN(C)CC4)cc23)c1. The number of alkyl halides is 3. The van der Waals surface area contributed by atoms with Crippen LogP contribution in [-0.4, -0.2) is 71.3 Å². The summed E-state index contributed by atoms with van der Waals surface area (Å²) in [5.41, 5.74) is 7.59. The molecule has 4 heterocycles. The molecule has 1 atom stereocenters. The van der Waals surface area contributed by atoms with Crippen molar-refractivity contribution in [2.45, 2.75) is 38.9 Å². The molecule has 1 amide bonds. The lowest BCUT2D eigenvalue weighted by molar-refractivity contribution is -0.126. The van der Waals surface area contributed by atoms with Crippen molar-refractivity contribution in [3.05, 3.63) is 36.9 Å². The topological polar surface area (TPSA) is 100 Å². The van der Waals surface area contributed by atoms with Gasteiger partial charge in [-0.3, -0.25) is 9.78 Å². The minimum Gasteiger partial charge on any atom is -0.492 e. The minimum absolute atomic E-state index is 0.157. The van der Waals surface area contributed by atoms with Gasteiger partial charge in [-0.2, -0.15) is 13.2 Å². The zero-order valence-electron chi connectivity index (χ0n) is 21.3. The molecule has 0 spiro atoms. The number of pyridine rings is 2. The highest BCUT2D eigenvalue weighted by atomic mass is 19.4. The van der Waals surface area contributed by atoms with Crippen LogP contribution in [-0.2, 0) is 4.79 Å². The van der Waals surface area contributed by atoms with Gasteiger partial charge in [0, 0.05) is 28.9 Å². The molecule has 1 aliphatic rings. The number of primary amides is 1. The Morgan fingerprint density at radius 3 is 2.62 bits per heavy atom. The smallest absolute Gasteiger partial charge is 0.405 e. The van der Waals surface area contributed by atoms with Crippen molar-refractivity contribution < 1.29 is 22.7 Å². The molecule has 0 unspecified atom stereocenters. The predicted octanol–water partition coefficient (Wildman–Crippen LogP) is 4.22. The molecule has 37 heavy (non-hydrogen) atoms. The number of hydrogen-bond acceptors (Lipinski definition) is 6. The van der Waals surface area contributed by atoms with Crippen LogP contribution >= 0.6 is 0 Å². The van der Waals surface area contributed by atoms with Gasteiger partial charge < -0.3 is 25.3 Å². The van der Waals surface area contributed by atoms with E-state index in [-0.39, 0.29) is 5.69 Å². The number of likely N-dealkylation sites (tertiary alicyclic amines) is 1. The molecule has 1 saturated heterocycles. The van der Waals surface area contributed by atoms with Crippen LogP contribution in [0, 0.1) is 11.8 Å². The molecular weight excluding hydrogens is 485 g/mol. The molecule has 200 valence electrons. The van der Waals surface area contributed by atoms with E-state index in [9.17, 15) is 18.0 Å². The van der Waals surface area contributed by atoms with Gasteiger partial charge >= 0.3 is 6.18 Å². The average molecular weight is 519 g/mol. The first-order valence-electron chi connectivity index (χ1n) is 12.4. The fourth-order valence-electron chi connectivity index (χ4n) is 4.86. The number of H-pyrrole nitrogens is 1. The number of nitrogens with two attached hydrogens (primary N) is 1. The Kier molecular flexibility index (Phi) is 7.91. The van der Waals surface area contributed by atoms with E-state index in [0.717, 1.165) is 36.2 Å². The van der Waals surface area contributed by atoms with Crippen molar-refractivity contribution in [2.75, 3.05) is 38.2 Å². The Bertz CT molecular complexity index is 1220. The highest BCUT2D eigenvalue weighted by molar-refractivity contribution is 5.94. The van der Waals surface area contributed by atoms with Crippen LogP contribution in [0.1, 0.15) is 26.7 Å². The van der Waals surface area contributed by atoms with E-state index < -0.39 is 30.6 Å². The zero-order valence-corrected chi connectivity index (χ0v) is 21.3. The molecule has 11 heteroatoms. The lowest BCUT2D eigenvalue weighted by Crippen LogP contribution is -2.51. The second-order valence-electron chi connectivity index (χ2n) is 10.1. The first kappa shape index (κ1) is 26.7. The van der Waals surface area contributed by atoms with E-state index in [1.807, 2.05) is 6.07 Å². The maximum atomic E-state index is 13.5. The predicted molar refractivity (Wildman–Crippen MR) is 136 cm³/mol. The van der Waals surface area contributed by atoms with Gasteiger partial charge in [0.05, 0.1) is 24.7 Å². The summed E-state index contributed by atoms with van der Waals surface area (Å²) in [4.78, 5) is 27.2. The molecular formula is C26H33F3N6O2. The van der Waals surface area contributed by atoms with E-state index >= 15 is 0 Å². The zero-order chi connectivity index (χ0) is 26.7. The average Bonchev–Trinajstić information content (AvgIpc) is 3.25. The Morgan fingerprint density at radius 1 is 1.24 bits per heavy atom. The number of nitrogens with one attached hydrogen (secondary N) is 1. The second-order valence-corrected chi connectivity index (χ2v) is 10.1. The summed E-state index contributed by atoms with van der Waals surface area (Å²) in [5.74, 6) is -0.154. The van der Waals surface area contributed by atoms with Crippen LogP contribution in [0.5, 0.6) is 5.75 Å². The van der Waals surface area contributed by atoms with Crippen molar-refractivity contribution in [3.63, 3.8) is 0 Å². The standard InChI is InChI=1S/C26H33F3N6O2/c1-16(2)23(24(30)36)35(15-26(27,28)29)19-8-18(10-31-11-19)22-13-33-25-21(22)9-20(12-32-25)37-14-17-4-6-34(3)7-5-17/h8-13,16-17,23H,4-7,14-15H2,1-3H3,(H2,30,36)(H,32,33)/t23-/m0/s1. The number of aromatic amines is 1. The Balaban J connectivity index is 1.63. The molecule has 0 aliphatic carbocycles. The van der Waals surface area contributed by atoms with Crippen molar-refractivity contribution in [3.8, 4) is 16.9 Å². The van der Waals surface area contributed by atoms with Crippen molar-refractivity contribution in [1.82, 2.24) is 19.9 Å². The van der Waals surface area contributed by atoms with Gasteiger partial charge in [-0.15, -0.1) is 0 Å². The second kappa shape index (κ2) is 11.0. The summed E-state index contributed by atoms with van der Waals surface area (Å²) in [7, 11) is 2.12. The fraction of sp³-hybridized carbons (Fsp3) is 0.500. The molecule has 3 aromatic heterocycles. The number of fused-ring (bicyclic) bond motifs is 1. The normalized spacial score (nSPS) is 16.3. The summed E-state index contributed by atoms with van der Waals surface area (Å²) in [6.07, 6.45) is 3.91. The first-order valence-corrected chi connectivity index (χ1v) is 12.4. The Morgan fingerprint density at radius 2 is 1.97 bits per heavy atom. The molecule has 1 aliphatic heterocycles. The third kappa shape index (κ3) is 6.51. The summed E-state index contributed by atoms with van der Waals surface area (Å²) in [5, 5.41) is 0.762. The molecule has 0 radical (unpaired) electrons. The van der Waals surface area contributed by atoms with Crippen LogP contribution in [0.25, 0.3) is 22.2 Å². The van der Waals surface area contributed by atoms with Crippen molar-refractivity contribution >= 4 is 22.6 Å². The lowest BCUT2D eigenvalue weighted by Gasteiger charge is -2.34. The molecule has 3 N–H and O–H groups in total. The van der Waals surface area contributed by atoms with Crippen molar-refractivity contribution in [1.29, 1.82) is 0 Å². The van der Waals surface area contributed by atoms with Gasteiger partial charge in [0.2, 0.25) is 5.91 Å². The van der Waals surface area contributed by atoms with Crippen molar-refractivity contribution in [2.24, 2.45) is 17.6 Å². The number of carbonyl (C=O) groups excluding carboxylic acids is 1. The lowest BCUT2D eigenvalue weighted by atomic mass is 9.98. The molecule has 4 rings (SSSR count). The van der Waals surface area contributed by atoms with Crippen LogP contribution in [0.2, 0.25) is 0 Å². The fourth-order valence-corrected chi connectivity index (χ4v) is 4.86. The van der Waals surface area contributed by atoms with Crippen LogP contribution in [0.3, 0.4) is 0 Å². The van der Waals surface area contributed by atoms with E-state index in [0.29, 0.717) is 35.0 Å². The minimum atomic E-state index is -4.54. The summed E-state index contributed by atoms with van der Waals surface area (Å²) in [6.45, 7) is 4.70. The number of piperidine rings is 1. The maximum Gasteiger partial charge on any atom is 0.405 e. The van der Waals surface area contributed by atoms with Gasteiger partial charge in [-0.05, 0) is 56.9 Å². The van der Waals surface area contributed by atoms with E-state index in [2.05, 4.69) is 26.9 Å². The van der Waals surface area contributed by atoms with Gasteiger partial charge in [0.15, 0.2) is 0 Å². The molecule has 8 nitrogen and oxygen atoms in total. The quantitative estimate of drug-likeness (QED) is 0.440. The summed E-state index contributed by atoms with van der Waals surface area (Å²) >= 11 is 0. The number of ether oxygens (including phenoxy) is 1. The number of hydrogen-bond donors (Lipinski definition) is 2. The number of anilines is 1. The molecule has 1 fully saturated rings. The van der Waals surface area contributed by atoms with Gasteiger partial charge in [-0.25, -0.2) is 4.98 Å². The van der Waals surface area contributed by atoms with Crippen LogP contribution in [0.4, 0.5) is 18.9 Å². The number of halogens is 3. The Labute approximate surface area is 214 Å². The Hall–Kier alpha value is -3.34. The first-order chi connectivity index (χ1) is 17.5. The number of amides is 1. The third-order valence-corrected chi connectivity index (χ3v) is 6.80. The van der Waals surface area contributed by atoms with Gasteiger partial charge in [0.1, 0.15) is 24.0 Å². The largest absolute Gasteiger partial charge is 0.492 e. The van der Waals surface area contributed by atoms with Gasteiger partial charge in [0.25, 0.3) is 0 Å².